The Kier molecular flexibility index (Phi) is 2.30. The number of fused-ring (bicyclic) bond motifs is 3. The average molecular weight is 246 g/mol. The molecule has 0 amide bonds. The van der Waals surface area contributed by atoms with E-state index in [9.17, 15) is 10.1 Å². The van der Waals surface area contributed by atoms with Crippen LogP contribution >= 0.6 is 0 Å². The fourth-order valence-corrected chi connectivity index (χ4v) is 2.19. The topological polar surface area (TPSA) is 77.8 Å². The molecular formula is C15H6N2O2. The Bertz CT molecular complexity index is 956. The van der Waals surface area contributed by atoms with Crippen LogP contribution in [0.1, 0.15) is 11.1 Å². The normalized spacial score (nSPS) is 10.2. The minimum atomic E-state index is -0.776. The van der Waals surface area contributed by atoms with Crippen LogP contribution in [0.25, 0.3) is 21.7 Å². The minimum Gasteiger partial charge on any atom is -0.422 e. The van der Waals surface area contributed by atoms with Crippen LogP contribution in [0.4, 0.5) is 0 Å². The molecule has 0 bridgehead atoms. The van der Waals surface area contributed by atoms with E-state index in [1.807, 2.05) is 36.4 Å². The Labute approximate surface area is 107 Å². The molecule has 0 spiro atoms. The third-order valence-electron chi connectivity index (χ3n) is 3.02. The lowest BCUT2D eigenvalue weighted by Gasteiger charge is -2.04. The van der Waals surface area contributed by atoms with Gasteiger partial charge in [0.1, 0.15) is 17.7 Å². The summed E-state index contributed by atoms with van der Waals surface area (Å²) in [7, 11) is 0. The summed E-state index contributed by atoms with van der Waals surface area (Å²) in [5, 5.41) is 20.5. The molecule has 0 aliphatic carbocycles. The van der Waals surface area contributed by atoms with Gasteiger partial charge in [-0.25, -0.2) is 4.79 Å². The van der Waals surface area contributed by atoms with E-state index >= 15 is 0 Å². The largest absolute Gasteiger partial charge is 0.422 e. The van der Waals surface area contributed by atoms with E-state index in [1.165, 1.54) is 0 Å². The Morgan fingerprint density at radius 1 is 0.947 bits per heavy atom. The second-order valence-corrected chi connectivity index (χ2v) is 4.02. The summed E-state index contributed by atoms with van der Waals surface area (Å²) in [6.07, 6.45) is 0. The molecule has 2 aromatic carbocycles. The Hall–Kier alpha value is -3.11. The smallest absolute Gasteiger partial charge is 0.355 e. The first-order chi connectivity index (χ1) is 9.26. The van der Waals surface area contributed by atoms with Crippen molar-refractivity contribution in [3.8, 4) is 12.1 Å². The Balaban J connectivity index is 2.71. The van der Waals surface area contributed by atoms with Crippen LogP contribution in [0.5, 0.6) is 0 Å². The molecule has 0 unspecified atom stereocenters. The van der Waals surface area contributed by atoms with Crippen molar-refractivity contribution >= 4 is 21.7 Å². The lowest BCUT2D eigenvalue weighted by Crippen LogP contribution is -2.07. The van der Waals surface area contributed by atoms with Gasteiger partial charge in [-0.05, 0) is 16.8 Å². The first-order valence-electron chi connectivity index (χ1n) is 5.55. The van der Waals surface area contributed by atoms with Crippen LogP contribution in [0.3, 0.4) is 0 Å². The molecule has 0 saturated heterocycles. The molecular weight excluding hydrogens is 240 g/mol. The molecule has 88 valence electrons. The van der Waals surface area contributed by atoms with Crippen LogP contribution in [0.15, 0.2) is 45.6 Å². The molecule has 0 saturated carbocycles. The molecule has 1 heterocycles. The predicted molar refractivity (Wildman–Crippen MR) is 69.4 cm³/mol. The monoisotopic (exact) mass is 246 g/mol. The maximum Gasteiger partial charge on any atom is 0.355 e. The molecule has 4 nitrogen and oxygen atoms in total. The van der Waals surface area contributed by atoms with Gasteiger partial charge in [0.2, 0.25) is 0 Å². The number of nitriles is 2. The Morgan fingerprint density at radius 2 is 1.68 bits per heavy atom. The quantitative estimate of drug-likeness (QED) is 0.451. The second kappa shape index (κ2) is 3.97. The maximum absolute atomic E-state index is 11.6. The van der Waals surface area contributed by atoms with E-state index in [4.69, 9.17) is 9.68 Å². The highest BCUT2D eigenvalue weighted by molar-refractivity contribution is 6.08. The van der Waals surface area contributed by atoms with Gasteiger partial charge in [0.15, 0.2) is 5.56 Å². The maximum atomic E-state index is 11.6. The van der Waals surface area contributed by atoms with Crippen molar-refractivity contribution in [2.24, 2.45) is 0 Å². The number of nitrogens with zero attached hydrogens (tertiary/aromatic N) is 2. The molecule has 3 rings (SSSR count). The van der Waals surface area contributed by atoms with Gasteiger partial charge in [-0.15, -0.1) is 0 Å². The first-order valence-corrected chi connectivity index (χ1v) is 5.55. The predicted octanol–water partition coefficient (Wildman–Crippen LogP) is 2.69. The standard InChI is InChI=1S/C15H6N2O2/c16-7-11-12(8-17)15(18)19-13-6-5-9-3-1-2-4-10(9)14(11)13/h1-6H. The van der Waals surface area contributed by atoms with Gasteiger partial charge in [0, 0.05) is 5.39 Å². The molecule has 4 heteroatoms. The Morgan fingerprint density at radius 3 is 2.42 bits per heavy atom. The van der Waals surface area contributed by atoms with Crippen molar-refractivity contribution < 1.29 is 4.42 Å². The van der Waals surface area contributed by atoms with Gasteiger partial charge in [0.05, 0.1) is 5.56 Å². The lowest BCUT2D eigenvalue weighted by atomic mass is 10.00. The van der Waals surface area contributed by atoms with Crippen LogP contribution in [0, 0.1) is 22.7 Å². The van der Waals surface area contributed by atoms with E-state index in [0.717, 1.165) is 10.8 Å². The fourth-order valence-electron chi connectivity index (χ4n) is 2.19. The number of benzene rings is 2. The molecule has 0 radical (unpaired) electrons. The third-order valence-corrected chi connectivity index (χ3v) is 3.02. The van der Waals surface area contributed by atoms with E-state index in [0.29, 0.717) is 11.0 Å². The minimum absolute atomic E-state index is 0.0746. The summed E-state index contributed by atoms with van der Waals surface area (Å²) in [5.41, 5.74) is -0.627. The lowest BCUT2D eigenvalue weighted by molar-refractivity contribution is 0.558. The van der Waals surface area contributed by atoms with Gasteiger partial charge >= 0.3 is 5.63 Å². The van der Waals surface area contributed by atoms with E-state index < -0.39 is 5.63 Å². The average Bonchev–Trinajstić information content (AvgIpc) is 2.45. The summed E-state index contributed by atoms with van der Waals surface area (Å²) in [5.74, 6) is 0. The molecule has 0 aliphatic heterocycles. The molecule has 1 aromatic heterocycles. The third kappa shape index (κ3) is 1.48. The van der Waals surface area contributed by atoms with E-state index in [2.05, 4.69) is 0 Å². The number of hydrogen-bond acceptors (Lipinski definition) is 4. The van der Waals surface area contributed by atoms with E-state index in [-0.39, 0.29) is 11.1 Å². The molecule has 0 aliphatic rings. The van der Waals surface area contributed by atoms with Crippen LogP contribution in [0.2, 0.25) is 0 Å². The first kappa shape index (κ1) is 11.0. The summed E-state index contributed by atoms with van der Waals surface area (Å²) in [6, 6.07) is 14.6. The zero-order chi connectivity index (χ0) is 13.4. The van der Waals surface area contributed by atoms with Crippen molar-refractivity contribution in [2.75, 3.05) is 0 Å². The molecule has 19 heavy (non-hydrogen) atoms. The summed E-state index contributed by atoms with van der Waals surface area (Å²) in [6.45, 7) is 0. The highest BCUT2D eigenvalue weighted by Gasteiger charge is 2.16. The van der Waals surface area contributed by atoms with Crippen molar-refractivity contribution in [3.05, 3.63) is 57.9 Å². The zero-order valence-electron chi connectivity index (χ0n) is 9.68. The van der Waals surface area contributed by atoms with Crippen LogP contribution in [-0.4, -0.2) is 0 Å². The fraction of sp³-hybridized carbons (Fsp3) is 0. The molecule has 3 aromatic rings. The number of rotatable bonds is 0. The number of hydrogen-bond donors (Lipinski definition) is 0. The summed E-state index contributed by atoms with van der Waals surface area (Å²) >= 11 is 0. The van der Waals surface area contributed by atoms with Crippen molar-refractivity contribution in [3.63, 3.8) is 0 Å². The molecule has 0 atom stereocenters. The highest BCUT2D eigenvalue weighted by Crippen LogP contribution is 2.28. The molecule has 0 N–H and O–H groups in total. The highest BCUT2D eigenvalue weighted by atomic mass is 16.4. The van der Waals surface area contributed by atoms with Gasteiger partial charge < -0.3 is 4.42 Å². The SMILES string of the molecule is N#Cc1c(C#N)c2c(ccc3ccccc32)oc1=O. The van der Waals surface area contributed by atoms with Crippen LogP contribution in [-0.2, 0) is 0 Å². The van der Waals surface area contributed by atoms with Crippen molar-refractivity contribution in [1.82, 2.24) is 0 Å². The summed E-state index contributed by atoms with van der Waals surface area (Å²) < 4.78 is 5.11. The zero-order valence-corrected chi connectivity index (χ0v) is 9.68. The van der Waals surface area contributed by atoms with Gasteiger partial charge in [-0.2, -0.15) is 10.5 Å². The van der Waals surface area contributed by atoms with E-state index in [1.54, 1.807) is 12.1 Å². The summed E-state index contributed by atoms with van der Waals surface area (Å²) in [4.78, 5) is 11.6. The van der Waals surface area contributed by atoms with Crippen LogP contribution < -0.4 is 5.63 Å². The van der Waals surface area contributed by atoms with Gasteiger partial charge in [-0.3, -0.25) is 0 Å². The van der Waals surface area contributed by atoms with Gasteiger partial charge in [-0.1, -0.05) is 30.3 Å². The van der Waals surface area contributed by atoms with Crippen molar-refractivity contribution in [2.45, 2.75) is 0 Å². The van der Waals surface area contributed by atoms with Gasteiger partial charge in [0.25, 0.3) is 0 Å². The van der Waals surface area contributed by atoms with Crippen molar-refractivity contribution in [1.29, 1.82) is 10.5 Å². The second-order valence-electron chi connectivity index (χ2n) is 4.02. The molecule has 0 fully saturated rings.